The third kappa shape index (κ3) is 5.77. The van der Waals surface area contributed by atoms with Crippen molar-refractivity contribution in [2.45, 2.75) is 77.0 Å². The summed E-state index contributed by atoms with van der Waals surface area (Å²) >= 11 is 1.71. The topological polar surface area (TPSA) is 51.7 Å². The molecule has 0 bridgehead atoms. The van der Waals surface area contributed by atoms with E-state index in [1.54, 1.807) is 18.4 Å². The summed E-state index contributed by atoms with van der Waals surface area (Å²) in [6.45, 7) is 15.1. The number of carbonyl (C=O) groups excluding carboxylic acids is 1. The molecule has 6 rings (SSSR count). The first-order valence-corrected chi connectivity index (χ1v) is 16.6. The van der Waals surface area contributed by atoms with Gasteiger partial charge in [0.1, 0.15) is 17.4 Å². The van der Waals surface area contributed by atoms with Crippen LogP contribution in [0.25, 0.3) is 21.7 Å². The van der Waals surface area contributed by atoms with Gasteiger partial charge in [0, 0.05) is 47.0 Å². The van der Waals surface area contributed by atoms with Gasteiger partial charge in [-0.15, -0.1) is 11.3 Å². The highest BCUT2D eigenvalue weighted by Crippen LogP contribution is 2.45. The Labute approximate surface area is 266 Å². The van der Waals surface area contributed by atoms with Gasteiger partial charge in [0.05, 0.1) is 12.8 Å². The molecule has 1 aliphatic carbocycles. The van der Waals surface area contributed by atoms with E-state index >= 15 is 0 Å². The summed E-state index contributed by atoms with van der Waals surface area (Å²) in [4.78, 5) is 20.2. The number of thiazole rings is 1. The third-order valence-corrected chi connectivity index (χ3v) is 10.1. The molecule has 0 N–H and O–H groups in total. The largest absolute Gasteiger partial charge is 0.496 e. The van der Waals surface area contributed by atoms with E-state index in [0.717, 1.165) is 34.9 Å². The summed E-state index contributed by atoms with van der Waals surface area (Å²) < 4.78 is 11.9. The zero-order valence-electron chi connectivity index (χ0n) is 27.1. The minimum atomic E-state index is -0.216. The zero-order valence-corrected chi connectivity index (χ0v) is 27.9. The molecule has 230 valence electrons. The Morgan fingerprint density at radius 3 is 1.95 bits per heavy atom. The van der Waals surface area contributed by atoms with E-state index in [2.05, 4.69) is 108 Å². The van der Waals surface area contributed by atoms with Crippen molar-refractivity contribution >= 4 is 17.4 Å². The van der Waals surface area contributed by atoms with Crippen LogP contribution in [0, 0.1) is 0 Å². The van der Waals surface area contributed by atoms with Crippen LogP contribution in [0.3, 0.4) is 0 Å². The van der Waals surface area contributed by atoms with Crippen molar-refractivity contribution in [3.8, 4) is 27.4 Å². The molecule has 0 spiro atoms. The molecule has 0 unspecified atom stereocenters. The lowest BCUT2D eigenvalue weighted by Crippen LogP contribution is -2.38. The van der Waals surface area contributed by atoms with Crippen molar-refractivity contribution in [2.24, 2.45) is 0 Å². The molecule has 1 amide bonds. The maximum Gasteiger partial charge on any atom is 0.409 e. The Morgan fingerprint density at radius 1 is 0.886 bits per heavy atom. The Hall–Kier alpha value is -3.64. The molecule has 1 saturated heterocycles. The highest BCUT2D eigenvalue weighted by molar-refractivity contribution is 7.13. The smallest absolute Gasteiger partial charge is 0.409 e. The number of aromatic nitrogens is 1. The molecule has 5 nitrogen and oxygen atoms in total. The van der Waals surface area contributed by atoms with Crippen LogP contribution in [0.15, 0.2) is 66.0 Å². The molecular formula is C38H44N2O3S. The maximum atomic E-state index is 13.2. The monoisotopic (exact) mass is 608 g/mol. The Morgan fingerprint density at radius 2 is 1.43 bits per heavy atom. The van der Waals surface area contributed by atoms with Gasteiger partial charge in [0.2, 0.25) is 0 Å². The van der Waals surface area contributed by atoms with Crippen molar-refractivity contribution < 1.29 is 14.3 Å². The molecule has 1 fully saturated rings. The highest BCUT2D eigenvalue weighted by atomic mass is 32.1. The van der Waals surface area contributed by atoms with E-state index in [9.17, 15) is 4.79 Å². The first-order valence-electron chi connectivity index (χ1n) is 15.7. The minimum absolute atomic E-state index is 0.0621. The molecule has 0 saturated carbocycles. The van der Waals surface area contributed by atoms with Gasteiger partial charge >= 0.3 is 6.09 Å². The normalized spacial score (nSPS) is 15.7. The van der Waals surface area contributed by atoms with Gasteiger partial charge in [0.15, 0.2) is 0 Å². The number of rotatable bonds is 5. The molecule has 4 aromatic rings. The van der Waals surface area contributed by atoms with Crippen LogP contribution in [0.5, 0.6) is 5.75 Å². The van der Waals surface area contributed by atoms with Crippen molar-refractivity contribution in [1.82, 2.24) is 9.88 Å². The van der Waals surface area contributed by atoms with Crippen molar-refractivity contribution in [3.63, 3.8) is 0 Å². The van der Waals surface area contributed by atoms with Gasteiger partial charge < -0.3 is 14.4 Å². The number of amides is 1. The van der Waals surface area contributed by atoms with Gasteiger partial charge in [-0.05, 0) is 58.1 Å². The second-order valence-electron chi connectivity index (χ2n) is 14.2. The van der Waals surface area contributed by atoms with E-state index in [-0.39, 0.29) is 22.8 Å². The van der Waals surface area contributed by atoms with Crippen molar-refractivity contribution in [3.05, 3.63) is 94.0 Å². The quantitative estimate of drug-likeness (QED) is 0.226. The van der Waals surface area contributed by atoms with E-state index in [4.69, 9.17) is 14.5 Å². The molecule has 3 aromatic carbocycles. The summed E-state index contributed by atoms with van der Waals surface area (Å²) in [5.41, 5.74) is 9.52. The van der Waals surface area contributed by atoms with Crippen molar-refractivity contribution in [1.29, 1.82) is 0 Å². The van der Waals surface area contributed by atoms with Crippen molar-refractivity contribution in [2.75, 3.05) is 26.8 Å². The number of carbonyl (C=O) groups is 1. The summed E-state index contributed by atoms with van der Waals surface area (Å²) in [5, 5.41) is 3.25. The van der Waals surface area contributed by atoms with Crippen LogP contribution in [0.2, 0.25) is 0 Å². The Balaban J connectivity index is 1.12. The second kappa shape index (κ2) is 11.7. The van der Waals surface area contributed by atoms with E-state index < -0.39 is 0 Å². The molecule has 0 radical (unpaired) electrons. The molecular weight excluding hydrogens is 564 g/mol. The van der Waals surface area contributed by atoms with Crippen LogP contribution >= 0.6 is 11.3 Å². The van der Waals surface area contributed by atoms with E-state index in [1.807, 2.05) is 4.90 Å². The molecule has 6 heteroatoms. The number of piperidine rings is 1. The van der Waals surface area contributed by atoms with Crippen LogP contribution < -0.4 is 4.74 Å². The number of methoxy groups -OCH3 is 1. The molecule has 2 aliphatic rings. The predicted octanol–water partition coefficient (Wildman–Crippen LogP) is 9.54. The number of hydrogen-bond acceptors (Lipinski definition) is 5. The predicted molar refractivity (Wildman–Crippen MR) is 180 cm³/mol. The standard InChI is InChI=1S/C38H44N2O3S/c1-37(2,3)31-20-25(21-32(34(31)42-7)38(4,5)6)35-39-33(23-44-35)24-16-18-40(19-17-24)36(41)43-22-30-28-14-10-8-12-26(28)27-13-9-11-15-29(27)30/h8-15,20-21,23-24,30H,16-19,22H2,1-7H3. The first kappa shape index (κ1) is 30.4. The van der Waals surface area contributed by atoms with Gasteiger partial charge in [-0.25, -0.2) is 9.78 Å². The van der Waals surface area contributed by atoms with Gasteiger partial charge in [-0.3, -0.25) is 0 Å². The van der Waals surface area contributed by atoms with Gasteiger partial charge in [-0.2, -0.15) is 0 Å². The first-order chi connectivity index (χ1) is 21.0. The molecule has 1 aromatic heterocycles. The SMILES string of the molecule is COc1c(C(C)(C)C)cc(-c2nc(C3CCN(C(=O)OCC4c5ccccc5-c5ccccc54)CC3)cs2)cc1C(C)(C)C. The highest BCUT2D eigenvalue weighted by Gasteiger charge is 2.32. The fraction of sp³-hybridized carbons (Fsp3) is 0.421. The average molecular weight is 609 g/mol. The summed E-state index contributed by atoms with van der Waals surface area (Å²) in [5.74, 6) is 1.39. The molecule has 44 heavy (non-hydrogen) atoms. The lowest BCUT2D eigenvalue weighted by atomic mass is 9.78. The fourth-order valence-electron chi connectivity index (χ4n) is 6.74. The van der Waals surface area contributed by atoms with Crippen LogP contribution in [-0.2, 0) is 15.6 Å². The number of likely N-dealkylation sites (tertiary alicyclic amines) is 1. The average Bonchev–Trinajstić information content (AvgIpc) is 3.62. The van der Waals surface area contributed by atoms with Crippen LogP contribution in [0.4, 0.5) is 4.79 Å². The number of nitrogens with zero attached hydrogens (tertiary/aromatic N) is 2. The zero-order chi connectivity index (χ0) is 31.2. The van der Waals surface area contributed by atoms with Gasteiger partial charge in [-0.1, -0.05) is 90.1 Å². The molecule has 1 aliphatic heterocycles. The summed E-state index contributed by atoms with van der Waals surface area (Å²) in [6.07, 6.45) is 1.55. The lowest BCUT2D eigenvalue weighted by molar-refractivity contribution is 0.0902. The molecule has 2 heterocycles. The minimum Gasteiger partial charge on any atom is -0.496 e. The molecule has 0 atom stereocenters. The number of ether oxygens (including phenoxy) is 2. The van der Waals surface area contributed by atoms with E-state index in [0.29, 0.717) is 25.6 Å². The maximum absolute atomic E-state index is 13.2. The Bertz CT molecular complexity index is 1590. The number of benzene rings is 3. The Kier molecular flexibility index (Phi) is 8.08. The van der Waals surface area contributed by atoms with Gasteiger partial charge in [0.25, 0.3) is 0 Å². The fourth-order valence-corrected chi connectivity index (χ4v) is 7.63. The summed E-state index contributed by atoms with van der Waals surface area (Å²) in [7, 11) is 1.77. The van der Waals surface area contributed by atoms with E-state index in [1.165, 1.54) is 33.4 Å². The lowest BCUT2D eigenvalue weighted by Gasteiger charge is -2.31. The van der Waals surface area contributed by atoms with Crippen LogP contribution in [-0.4, -0.2) is 42.8 Å². The third-order valence-electron chi connectivity index (χ3n) is 9.19. The number of hydrogen-bond donors (Lipinski definition) is 0. The number of fused-ring (bicyclic) bond motifs is 3. The second-order valence-corrected chi connectivity index (χ2v) is 15.1. The van der Waals surface area contributed by atoms with Crippen LogP contribution in [0.1, 0.15) is 94.2 Å². The summed E-state index contributed by atoms with van der Waals surface area (Å²) in [6, 6.07) is 21.4.